The van der Waals surface area contributed by atoms with Crippen LogP contribution in [0.25, 0.3) is 0 Å². The fourth-order valence-corrected chi connectivity index (χ4v) is 0.375. The van der Waals surface area contributed by atoms with Crippen LogP contribution in [0.5, 0.6) is 0 Å². The quantitative estimate of drug-likeness (QED) is 0.440. The fraction of sp³-hybridized carbons (Fsp3) is 0.600. The molecule has 0 spiro atoms. The molecule has 0 saturated heterocycles. The van der Waals surface area contributed by atoms with E-state index < -0.39 is 6.03 Å². The van der Waals surface area contributed by atoms with Crippen LogP contribution in [0.4, 0.5) is 4.79 Å². The van der Waals surface area contributed by atoms with E-state index in [-0.39, 0.29) is 6.47 Å². The topological polar surface area (TPSA) is 58.6 Å². The molecule has 0 radical (unpaired) electrons. The molecule has 0 saturated carbocycles. The first-order chi connectivity index (χ1) is 4.72. The molecule has 0 rings (SSSR count). The molecular weight excluding hydrogens is 136 g/mol. The lowest BCUT2D eigenvalue weighted by molar-refractivity contribution is -0.155. The number of hydrogen-bond donors (Lipinski definition) is 1. The minimum absolute atomic E-state index is 0.190. The van der Waals surface area contributed by atoms with E-state index >= 15 is 0 Å². The summed E-state index contributed by atoms with van der Waals surface area (Å²) in [6.45, 7) is 2.47. The Morgan fingerprint density at radius 3 is 2.80 bits per heavy atom. The molecule has 10 heavy (non-hydrogen) atoms. The maximum absolute atomic E-state index is 10.7. The Kier molecular flexibility index (Phi) is 4.02. The number of urea groups is 1. The number of amides is 2. The molecule has 58 valence electrons. The molecule has 0 aliphatic heterocycles. The molecule has 0 fully saturated rings. The number of nitrogens with one attached hydrogen (secondary N) is 1. The summed E-state index contributed by atoms with van der Waals surface area (Å²) < 4.78 is 0. The number of nitrogens with zero attached hydrogens (tertiary/aromatic N) is 1. The Hall–Kier alpha value is -1.26. The van der Waals surface area contributed by atoms with Gasteiger partial charge in [-0.1, -0.05) is 0 Å². The minimum atomic E-state index is -0.436. The smallest absolute Gasteiger partial charge is 0.340 e. The average Bonchev–Trinajstić information content (AvgIpc) is 1.89. The van der Waals surface area contributed by atoms with Crippen LogP contribution >= 0.6 is 0 Å². The van der Waals surface area contributed by atoms with E-state index in [1.54, 1.807) is 6.92 Å². The standard InChI is InChI=1S/C5H10N2O3/c1-3-6-5(9)7(2)10-4-8/h4H,3H2,1-2H3,(H,6,9). The van der Waals surface area contributed by atoms with Gasteiger partial charge in [0, 0.05) is 6.54 Å². The number of hydroxylamine groups is 2. The number of hydrogen-bond acceptors (Lipinski definition) is 3. The zero-order valence-electron chi connectivity index (χ0n) is 5.96. The summed E-state index contributed by atoms with van der Waals surface area (Å²) in [6, 6.07) is -0.436. The molecule has 1 N–H and O–H groups in total. The minimum Gasteiger partial charge on any atom is -0.340 e. The second-order valence-electron chi connectivity index (χ2n) is 1.53. The SMILES string of the molecule is CCNC(=O)N(C)OC=O. The van der Waals surface area contributed by atoms with Crippen LogP contribution in [0, 0.1) is 0 Å². The van der Waals surface area contributed by atoms with Gasteiger partial charge in [-0.3, -0.25) is 4.79 Å². The first-order valence-electron chi connectivity index (χ1n) is 2.84. The van der Waals surface area contributed by atoms with Gasteiger partial charge in [0.1, 0.15) is 0 Å². The summed E-state index contributed by atoms with van der Waals surface area (Å²) in [4.78, 5) is 24.5. The first-order valence-corrected chi connectivity index (χ1v) is 2.84. The highest BCUT2D eigenvalue weighted by Crippen LogP contribution is 1.81. The van der Waals surface area contributed by atoms with Gasteiger partial charge in [0.05, 0.1) is 7.05 Å². The summed E-state index contributed by atoms with van der Waals surface area (Å²) in [6.07, 6.45) is 0. The van der Waals surface area contributed by atoms with Crippen LogP contribution < -0.4 is 5.32 Å². The van der Waals surface area contributed by atoms with E-state index in [4.69, 9.17) is 0 Å². The van der Waals surface area contributed by atoms with Crippen LogP contribution in [0.15, 0.2) is 0 Å². The molecule has 0 bridgehead atoms. The van der Waals surface area contributed by atoms with Crippen molar-refractivity contribution >= 4 is 12.5 Å². The molecule has 0 aromatic carbocycles. The zero-order chi connectivity index (χ0) is 7.98. The van der Waals surface area contributed by atoms with Crippen molar-refractivity contribution in [2.24, 2.45) is 0 Å². The Morgan fingerprint density at radius 1 is 1.80 bits per heavy atom. The van der Waals surface area contributed by atoms with Crippen molar-refractivity contribution in [3.05, 3.63) is 0 Å². The summed E-state index contributed by atoms with van der Waals surface area (Å²) in [5.41, 5.74) is 0. The largest absolute Gasteiger partial charge is 0.350 e. The molecule has 0 atom stereocenters. The van der Waals surface area contributed by atoms with Gasteiger partial charge in [0.15, 0.2) is 0 Å². The third-order valence-corrected chi connectivity index (χ3v) is 0.815. The van der Waals surface area contributed by atoms with Gasteiger partial charge >= 0.3 is 12.5 Å². The second kappa shape index (κ2) is 4.60. The average molecular weight is 146 g/mol. The van der Waals surface area contributed by atoms with E-state index in [1.807, 2.05) is 0 Å². The predicted molar refractivity (Wildman–Crippen MR) is 34.0 cm³/mol. The highest BCUT2D eigenvalue weighted by molar-refractivity contribution is 5.73. The maximum atomic E-state index is 10.7. The van der Waals surface area contributed by atoms with Crippen LogP contribution in [-0.2, 0) is 9.63 Å². The highest BCUT2D eigenvalue weighted by atomic mass is 16.7. The van der Waals surface area contributed by atoms with Crippen molar-refractivity contribution in [3.8, 4) is 0 Å². The number of rotatable bonds is 3. The van der Waals surface area contributed by atoms with Crippen molar-refractivity contribution in [1.82, 2.24) is 10.4 Å². The summed E-state index contributed by atoms with van der Waals surface area (Å²) >= 11 is 0. The molecular formula is C5H10N2O3. The van der Waals surface area contributed by atoms with Gasteiger partial charge < -0.3 is 10.2 Å². The molecule has 0 aromatic heterocycles. The van der Waals surface area contributed by atoms with Crippen LogP contribution in [-0.4, -0.2) is 31.2 Å². The van der Waals surface area contributed by atoms with Crippen molar-refractivity contribution in [2.75, 3.05) is 13.6 Å². The number of carbonyl (C=O) groups is 2. The molecule has 0 aromatic rings. The highest BCUT2D eigenvalue weighted by Gasteiger charge is 2.05. The Morgan fingerprint density at radius 2 is 2.40 bits per heavy atom. The molecule has 0 aliphatic rings. The van der Waals surface area contributed by atoms with Gasteiger partial charge in [-0.2, -0.15) is 5.06 Å². The van der Waals surface area contributed by atoms with Crippen LogP contribution in [0.3, 0.4) is 0 Å². The zero-order valence-corrected chi connectivity index (χ0v) is 5.96. The van der Waals surface area contributed by atoms with Crippen molar-refractivity contribution in [2.45, 2.75) is 6.92 Å². The van der Waals surface area contributed by atoms with E-state index in [0.717, 1.165) is 5.06 Å². The van der Waals surface area contributed by atoms with Crippen LogP contribution in [0.2, 0.25) is 0 Å². The first kappa shape index (κ1) is 8.74. The lowest BCUT2D eigenvalue weighted by atomic mass is 10.7. The predicted octanol–water partition coefficient (Wildman–Crippen LogP) is -0.264. The maximum Gasteiger partial charge on any atom is 0.350 e. The molecule has 5 nitrogen and oxygen atoms in total. The number of carbonyl (C=O) groups excluding carboxylic acids is 2. The van der Waals surface area contributed by atoms with Crippen molar-refractivity contribution < 1.29 is 14.4 Å². The Bertz CT molecular complexity index is 126. The van der Waals surface area contributed by atoms with E-state index in [9.17, 15) is 9.59 Å². The van der Waals surface area contributed by atoms with Gasteiger partial charge in [0.2, 0.25) is 0 Å². The molecule has 0 heterocycles. The monoisotopic (exact) mass is 146 g/mol. The normalized spacial score (nSPS) is 8.20. The molecule has 2 amide bonds. The van der Waals surface area contributed by atoms with E-state index in [0.29, 0.717) is 6.54 Å². The van der Waals surface area contributed by atoms with Crippen molar-refractivity contribution in [3.63, 3.8) is 0 Å². The second-order valence-corrected chi connectivity index (χ2v) is 1.53. The van der Waals surface area contributed by atoms with Crippen molar-refractivity contribution in [1.29, 1.82) is 0 Å². The lowest BCUT2D eigenvalue weighted by Gasteiger charge is -2.12. The summed E-state index contributed by atoms with van der Waals surface area (Å²) in [5.74, 6) is 0. The lowest BCUT2D eigenvalue weighted by Crippen LogP contribution is -2.36. The van der Waals surface area contributed by atoms with Gasteiger partial charge in [-0.25, -0.2) is 4.79 Å². The fourth-order valence-electron chi connectivity index (χ4n) is 0.375. The third kappa shape index (κ3) is 2.91. The molecule has 0 unspecified atom stereocenters. The summed E-state index contributed by atoms with van der Waals surface area (Å²) in [5, 5.41) is 3.25. The Balaban J connectivity index is 3.58. The Labute approximate surface area is 58.9 Å². The van der Waals surface area contributed by atoms with Crippen LogP contribution in [0.1, 0.15) is 6.92 Å². The third-order valence-electron chi connectivity index (χ3n) is 0.815. The summed E-state index contributed by atoms with van der Waals surface area (Å²) in [7, 11) is 1.35. The molecule has 0 aliphatic carbocycles. The van der Waals surface area contributed by atoms with Gasteiger partial charge in [-0.05, 0) is 6.92 Å². The van der Waals surface area contributed by atoms with E-state index in [1.165, 1.54) is 7.05 Å². The van der Waals surface area contributed by atoms with E-state index in [2.05, 4.69) is 10.2 Å². The van der Waals surface area contributed by atoms with Gasteiger partial charge in [0.25, 0.3) is 0 Å². The van der Waals surface area contributed by atoms with Gasteiger partial charge in [-0.15, -0.1) is 0 Å². The molecule has 5 heteroatoms.